The Morgan fingerprint density at radius 3 is 1.01 bits per heavy atom. The van der Waals surface area contributed by atoms with Crippen LogP contribution in [-0.4, -0.2) is 73.4 Å². The molecule has 0 saturated heterocycles. The third-order valence-electron chi connectivity index (χ3n) is 17.2. The average Bonchev–Trinajstić information content (AvgIpc) is 3.42. The number of phosphoric acid groups is 1. The first-order valence-electron chi connectivity index (χ1n) is 38.8. The second-order valence-corrected chi connectivity index (χ2v) is 28.8. The summed E-state index contributed by atoms with van der Waals surface area (Å²) in [6.07, 6.45) is 106. The second kappa shape index (κ2) is 71.5. The van der Waals surface area contributed by atoms with Crippen molar-refractivity contribution in [2.75, 3.05) is 40.9 Å². The second-order valence-electron chi connectivity index (χ2n) is 27.3. The molecule has 0 aromatic heterocycles. The van der Waals surface area contributed by atoms with Gasteiger partial charge in [-0.1, -0.05) is 367 Å². The maximum absolute atomic E-state index is 13.1. The molecule has 91 heavy (non-hydrogen) atoms. The van der Waals surface area contributed by atoms with Gasteiger partial charge in [-0.25, -0.2) is 4.57 Å². The van der Waals surface area contributed by atoms with Gasteiger partial charge < -0.3 is 19.8 Å². The lowest BCUT2D eigenvalue weighted by atomic mass is 10.0. The molecule has 0 rings (SSSR count). The van der Waals surface area contributed by atoms with Gasteiger partial charge in [-0.05, 0) is 89.9 Å². The number of amides is 1. The highest BCUT2D eigenvalue weighted by Crippen LogP contribution is 2.43. The molecule has 8 nitrogen and oxygen atoms in total. The summed E-state index contributed by atoms with van der Waals surface area (Å²) >= 11 is 0. The van der Waals surface area contributed by atoms with Crippen LogP contribution in [0.4, 0.5) is 0 Å². The van der Waals surface area contributed by atoms with Crippen LogP contribution in [0.15, 0.2) is 109 Å². The number of quaternary nitrogens is 1. The highest BCUT2D eigenvalue weighted by molar-refractivity contribution is 7.47. The minimum atomic E-state index is -4.37. The van der Waals surface area contributed by atoms with Crippen molar-refractivity contribution in [3.8, 4) is 0 Å². The number of carbonyl (C=O) groups is 1. The van der Waals surface area contributed by atoms with Crippen molar-refractivity contribution < 1.29 is 32.9 Å². The number of rotatable bonds is 71. The van der Waals surface area contributed by atoms with Gasteiger partial charge in [0.15, 0.2) is 0 Å². The van der Waals surface area contributed by atoms with E-state index in [0.29, 0.717) is 17.4 Å². The van der Waals surface area contributed by atoms with Crippen molar-refractivity contribution in [3.05, 3.63) is 109 Å². The van der Waals surface area contributed by atoms with Gasteiger partial charge in [0, 0.05) is 6.42 Å². The Bertz CT molecular complexity index is 1860. The maximum Gasteiger partial charge on any atom is 0.472 e. The first-order valence-corrected chi connectivity index (χ1v) is 40.3. The molecule has 9 heteroatoms. The fourth-order valence-electron chi connectivity index (χ4n) is 11.3. The van der Waals surface area contributed by atoms with Crippen molar-refractivity contribution in [2.24, 2.45) is 0 Å². The van der Waals surface area contributed by atoms with E-state index >= 15 is 0 Å². The van der Waals surface area contributed by atoms with Gasteiger partial charge in [-0.2, -0.15) is 0 Å². The summed E-state index contributed by atoms with van der Waals surface area (Å²) in [6, 6.07) is -0.871. The number of allylic oxidation sites excluding steroid dienone is 17. The summed E-state index contributed by atoms with van der Waals surface area (Å²) in [6.45, 7) is 4.72. The van der Waals surface area contributed by atoms with Gasteiger partial charge in [0.1, 0.15) is 13.2 Å². The predicted octanol–water partition coefficient (Wildman–Crippen LogP) is 25.4. The molecule has 1 amide bonds. The van der Waals surface area contributed by atoms with Crippen LogP contribution >= 0.6 is 7.82 Å². The lowest BCUT2D eigenvalue weighted by molar-refractivity contribution is -0.870. The van der Waals surface area contributed by atoms with E-state index in [4.69, 9.17) is 9.05 Å². The number of aliphatic hydroxyl groups is 1. The van der Waals surface area contributed by atoms with Crippen molar-refractivity contribution >= 4 is 13.7 Å². The monoisotopic (exact) mass is 1290 g/mol. The molecule has 0 spiro atoms. The summed E-state index contributed by atoms with van der Waals surface area (Å²) in [5.74, 6) is -0.186. The van der Waals surface area contributed by atoms with Crippen LogP contribution in [0.25, 0.3) is 0 Å². The Hall–Kier alpha value is -2.84. The number of aliphatic hydroxyl groups excluding tert-OH is 1. The smallest absolute Gasteiger partial charge is 0.387 e. The minimum absolute atomic E-state index is 0.0532. The molecule has 0 aliphatic carbocycles. The van der Waals surface area contributed by atoms with Crippen molar-refractivity contribution in [3.63, 3.8) is 0 Å². The van der Waals surface area contributed by atoms with E-state index in [1.807, 2.05) is 27.2 Å². The highest BCUT2D eigenvalue weighted by Gasteiger charge is 2.28. The molecule has 0 aliphatic heterocycles. The Labute approximate surface area is 565 Å². The van der Waals surface area contributed by atoms with Gasteiger partial charge in [-0.15, -0.1) is 0 Å². The zero-order valence-corrected chi connectivity index (χ0v) is 61.5. The molecular formula is C82H150N2O6P+. The fraction of sp³-hybridized carbons (Fsp3) is 0.768. The van der Waals surface area contributed by atoms with E-state index < -0.39 is 20.0 Å². The van der Waals surface area contributed by atoms with Gasteiger partial charge in [-0.3, -0.25) is 13.8 Å². The quantitative estimate of drug-likeness (QED) is 0.0243. The average molecular weight is 1290 g/mol. The zero-order valence-electron chi connectivity index (χ0n) is 60.6. The van der Waals surface area contributed by atoms with E-state index in [0.717, 1.165) is 83.5 Å². The minimum Gasteiger partial charge on any atom is -0.387 e. The first kappa shape index (κ1) is 88.2. The molecule has 3 atom stereocenters. The number of hydrogen-bond donors (Lipinski definition) is 3. The number of hydrogen-bond acceptors (Lipinski definition) is 5. The summed E-state index contributed by atoms with van der Waals surface area (Å²) in [5.41, 5.74) is 0. The van der Waals surface area contributed by atoms with E-state index in [1.165, 1.54) is 250 Å². The van der Waals surface area contributed by atoms with E-state index in [-0.39, 0.29) is 19.1 Å². The van der Waals surface area contributed by atoms with Crippen molar-refractivity contribution in [2.45, 2.75) is 366 Å². The summed E-state index contributed by atoms with van der Waals surface area (Å²) in [4.78, 5) is 23.5. The molecule has 528 valence electrons. The molecule has 0 aromatic carbocycles. The standard InChI is InChI=1S/C82H149N2O6P/c1-6-8-10-12-14-16-18-20-22-24-26-28-30-32-34-36-38-40-41-42-43-44-46-48-50-52-54-56-58-60-62-64-66-68-70-72-74-76-82(86)83-80(79-90-91(87,88)89-78-77-84(3,4)5)81(85)75-73-71-69-67-65-63-61-59-57-55-53-51-49-47-45-39-37-35-33-31-29-27-25-23-21-19-17-15-13-11-9-7-2/h8,10,14,16,20,22,26,28,32,34,38,40,42-43,65,67,73,75,80-81,85H,6-7,9,11-13,15,17-19,21,23-25,27,29-31,33,35-37,39,41,44-64,66,68-72,74,76-79H2,1-5H3,(H-,83,86,87,88)/p+1/b10-8-,16-14-,22-20-,28-26-,34-32-,40-38-,43-42-,67-65+,75-73+. The molecule has 3 N–H and O–H groups in total. The van der Waals surface area contributed by atoms with Crippen molar-refractivity contribution in [1.29, 1.82) is 0 Å². The highest BCUT2D eigenvalue weighted by atomic mass is 31.2. The van der Waals surface area contributed by atoms with Crippen LogP contribution in [0.1, 0.15) is 354 Å². The SMILES string of the molecule is CC/C=C\C/C=C\C/C=C\C/C=C\C/C=C\C/C=C\C/C=C\CCCCCCCCCCCCCCCCCC(=O)NC(COP(=O)(O)OCC[N+](C)(C)C)C(O)/C=C/CC/C=C/CCCCCCCCCCCCCCCCCCCCCCCCCCCC. The molecule has 3 unspecified atom stereocenters. The zero-order chi connectivity index (χ0) is 66.2. The molecule has 0 heterocycles. The number of carbonyl (C=O) groups excluding carboxylic acids is 1. The van der Waals surface area contributed by atoms with Gasteiger partial charge in [0.05, 0.1) is 39.9 Å². The number of nitrogens with zero attached hydrogens (tertiary/aromatic N) is 1. The summed E-state index contributed by atoms with van der Waals surface area (Å²) in [5, 5.41) is 14.0. The Kier molecular flexibility index (Phi) is 69.2. The van der Waals surface area contributed by atoms with Crippen LogP contribution in [0, 0.1) is 0 Å². The van der Waals surface area contributed by atoms with Crippen LogP contribution in [0.5, 0.6) is 0 Å². The molecular weight excluding hydrogens is 1140 g/mol. The number of unbranched alkanes of at least 4 members (excludes halogenated alkanes) is 42. The Morgan fingerprint density at radius 2 is 0.670 bits per heavy atom. The van der Waals surface area contributed by atoms with Crippen LogP contribution in [-0.2, 0) is 18.4 Å². The van der Waals surface area contributed by atoms with E-state index in [1.54, 1.807) is 6.08 Å². The Morgan fingerprint density at radius 1 is 0.385 bits per heavy atom. The summed E-state index contributed by atoms with van der Waals surface area (Å²) in [7, 11) is 1.56. The third-order valence-corrected chi connectivity index (χ3v) is 18.2. The van der Waals surface area contributed by atoms with Crippen LogP contribution in [0.3, 0.4) is 0 Å². The lowest BCUT2D eigenvalue weighted by Gasteiger charge is -2.25. The maximum atomic E-state index is 13.1. The Balaban J connectivity index is 4.06. The third kappa shape index (κ3) is 74.4. The first-order chi connectivity index (χ1) is 44.5. The molecule has 0 saturated carbocycles. The van der Waals surface area contributed by atoms with E-state index in [2.05, 4.69) is 116 Å². The normalized spacial score (nSPS) is 14.1. The van der Waals surface area contributed by atoms with Crippen molar-refractivity contribution in [1.82, 2.24) is 5.32 Å². The molecule has 0 radical (unpaired) electrons. The molecule has 0 bridgehead atoms. The van der Waals surface area contributed by atoms with Crippen LogP contribution < -0.4 is 5.32 Å². The lowest BCUT2D eigenvalue weighted by Crippen LogP contribution is -2.45. The van der Waals surface area contributed by atoms with Gasteiger partial charge in [0.2, 0.25) is 5.91 Å². The predicted molar refractivity (Wildman–Crippen MR) is 401 cm³/mol. The van der Waals surface area contributed by atoms with E-state index in [9.17, 15) is 19.4 Å². The van der Waals surface area contributed by atoms with Gasteiger partial charge >= 0.3 is 7.82 Å². The topological polar surface area (TPSA) is 105 Å². The molecule has 0 fully saturated rings. The van der Waals surface area contributed by atoms with Gasteiger partial charge in [0.25, 0.3) is 0 Å². The summed E-state index contributed by atoms with van der Waals surface area (Å²) < 4.78 is 23.9. The van der Waals surface area contributed by atoms with Crippen LogP contribution in [0.2, 0.25) is 0 Å². The number of phosphoric ester groups is 1. The largest absolute Gasteiger partial charge is 0.472 e. The fourth-order valence-corrected chi connectivity index (χ4v) is 12.0. The number of likely N-dealkylation sites (N-methyl/N-ethyl adjacent to an activating group) is 1. The molecule has 0 aromatic rings. The number of nitrogens with one attached hydrogen (secondary N) is 1. The molecule has 0 aliphatic rings.